The molecule has 0 saturated heterocycles. The summed E-state index contributed by atoms with van der Waals surface area (Å²) in [6.45, 7) is 3.42. The van der Waals surface area contributed by atoms with Crippen LogP contribution in [0.2, 0.25) is 0 Å². The second-order valence-corrected chi connectivity index (χ2v) is 5.54. The van der Waals surface area contributed by atoms with Crippen LogP contribution in [0.5, 0.6) is 11.5 Å². The minimum absolute atomic E-state index is 0.119. The standard InChI is InChI=1S/C16H20N2O7/c1-4-24-14-7-11(12(18(21)22)8-13(14)23-3)16(20)25-9(2)15(19)17-10-5-6-10/h7-10H,4-6H2,1-3H3,(H,17,19)/t9-/m1/s1. The number of benzene rings is 1. The van der Waals surface area contributed by atoms with Gasteiger partial charge in [0.2, 0.25) is 0 Å². The van der Waals surface area contributed by atoms with Crippen LogP contribution in [-0.2, 0) is 9.53 Å². The fourth-order valence-corrected chi connectivity index (χ4v) is 2.12. The smallest absolute Gasteiger partial charge is 0.346 e. The van der Waals surface area contributed by atoms with Gasteiger partial charge in [-0.15, -0.1) is 0 Å². The first-order valence-electron chi connectivity index (χ1n) is 7.88. The number of esters is 1. The molecule has 9 nitrogen and oxygen atoms in total. The second-order valence-electron chi connectivity index (χ2n) is 5.54. The van der Waals surface area contributed by atoms with Gasteiger partial charge >= 0.3 is 5.97 Å². The van der Waals surface area contributed by atoms with Crippen molar-refractivity contribution in [1.29, 1.82) is 0 Å². The quantitative estimate of drug-likeness (QED) is 0.431. The van der Waals surface area contributed by atoms with Gasteiger partial charge in [0.05, 0.1) is 24.7 Å². The van der Waals surface area contributed by atoms with E-state index in [2.05, 4.69) is 5.32 Å². The minimum Gasteiger partial charge on any atom is -0.493 e. The summed E-state index contributed by atoms with van der Waals surface area (Å²) in [5, 5.41) is 14.0. The van der Waals surface area contributed by atoms with Gasteiger partial charge in [-0.05, 0) is 26.7 Å². The summed E-state index contributed by atoms with van der Waals surface area (Å²) in [7, 11) is 1.34. The van der Waals surface area contributed by atoms with Crippen LogP contribution in [0.25, 0.3) is 0 Å². The lowest BCUT2D eigenvalue weighted by Gasteiger charge is -2.15. The van der Waals surface area contributed by atoms with Crippen molar-refractivity contribution in [2.24, 2.45) is 0 Å². The van der Waals surface area contributed by atoms with Crippen LogP contribution in [-0.4, -0.2) is 42.7 Å². The fraction of sp³-hybridized carbons (Fsp3) is 0.500. The summed E-state index contributed by atoms with van der Waals surface area (Å²) in [5.41, 5.74) is -0.791. The van der Waals surface area contributed by atoms with Crippen LogP contribution in [0.15, 0.2) is 12.1 Å². The van der Waals surface area contributed by atoms with E-state index in [0.717, 1.165) is 18.9 Å². The maximum atomic E-state index is 12.3. The van der Waals surface area contributed by atoms with Crippen molar-refractivity contribution < 1.29 is 28.7 Å². The summed E-state index contributed by atoms with van der Waals surface area (Å²) in [5.74, 6) is -1.10. The molecular weight excluding hydrogens is 332 g/mol. The number of carbonyl (C=O) groups is 2. The molecule has 1 saturated carbocycles. The molecule has 0 aromatic heterocycles. The van der Waals surface area contributed by atoms with Crippen molar-refractivity contribution >= 4 is 17.6 Å². The molecular formula is C16H20N2O7. The summed E-state index contributed by atoms with van der Waals surface area (Å²) < 4.78 is 15.5. The zero-order valence-electron chi connectivity index (χ0n) is 14.2. The number of nitrogens with one attached hydrogen (secondary N) is 1. The van der Waals surface area contributed by atoms with Crippen LogP contribution in [0.3, 0.4) is 0 Å². The van der Waals surface area contributed by atoms with Gasteiger partial charge in [0.1, 0.15) is 5.56 Å². The van der Waals surface area contributed by atoms with Crippen LogP contribution < -0.4 is 14.8 Å². The summed E-state index contributed by atoms with van der Waals surface area (Å²) in [4.78, 5) is 34.8. The van der Waals surface area contributed by atoms with Crippen molar-refractivity contribution in [3.63, 3.8) is 0 Å². The zero-order valence-corrected chi connectivity index (χ0v) is 14.2. The van der Waals surface area contributed by atoms with E-state index >= 15 is 0 Å². The lowest BCUT2D eigenvalue weighted by atomic mass is 10.1. The van der Waals surface area contributed by atoms with Gasteiger partial charge in [0.25, 0.3) is 11.6 Å². The highest BCUT2D eigenvalue weighted by molar-refractivity contribution is 5.96. The average molecular weight is 352 g/mol. The Bertz CT molecular complexity index is 685. The van der Waals surface area contributed by atoms with E-state index < -0.39 is 28.6 Å². The molecule has 2 rings (SSSR count). The first-order valence-corrected chi connectivity index (χ1v) is 7.88. The van der Waals surface area contributed by atoms with Crippen molar-refractivity contribution in [2.45, 2.75) is 38.8 Å². The Hall–Kier alpha value is -2.84. The highest BCUT2D eigenvalue weighted by Crippen LogP contribution is 2.35. The molecule has 0 bridgehead atoms. The Morgan fingerprint density at radius 3 is 2.56 bits per heavy atom. The van der Waals surface area contributed by atoms with Gasteiger partial charge in [0.15, 0.2) is 17.6 Å². The lowest BCUT2D eigenvalue weighted by molar-refractivity contribution is -0.385. The Morgan fingerprint density at radius 1 is 1.36 bits per heavy atom. The minimum atomic E-state index is -1.06. The molecule has 1 amide bonds. The third-order valence-corrected chi connectivity index (χ3v) is 3.58. The van der Waals surface area contributed by atoms with E-state index in [1.807, 2.05) is 0 Å². The number of nitro groups is 1. The van der Waals surface area contributed by atoms with Crippen LogP contribution in [0.1, 0.15) is 37.0 Å². The molecule has 136 valence electrons. The largest absolute Gasteiger partial charge is 0.493 e. The van der Waals surface area contributed by atoms with Gasteiger partial charge in [-0.2, -0.15) is 0 Å². The van der Waals surface area contributed by atoms with Crippen LogP contribution in [0.4, 0.5) is 5.69 Å². The fourth-order valence-electron chi connectivity index (χ4n) is 2.12. The molecule has 1 atom stereocenters. The van der Waals surface area contributed by atoms with E-state index in [1.165, 1.54) is 20.1 Å². The summed E-state index contributed by atoms with van der Waals surface area (Å²) >= 11 is 0. The lowest BCUT2D eigenvalue weighted by Crippen LogP contribution is -2.37. The van der Waals surface area contributed by atoms with Crippen molar-refractivity contribution in [2.75, 3.05) is 13.7 Å². The molecule has 1 aliphatic carbocycles. The molecule has 1 aliphatic rings. The number of nitro benzene ring substituents is 1. The Labute approximate surface area is 144 Å². The molecule has 1 fully saturated rings. The number of hydrogen-bond donors (Lipinski definition) is 1. The van der Waals surface area contributed by atoms with Crippen LogP contribution >= 0.6 is 0 Å². The monoisotopic (exact) mass is 352 g/mol. The molecule has 1 aromatic rings. The van der Waals surface area contributed by atoms with E-state index in [1.54, 1.807) is 6.92 Å². The third kappa shape index (κ3) is 4.59. The highest BCUT2D eigenvalue weighted by atomic mass is 16.6. The van der Waals surface area contributed by atoms with E-state index in [9.17, 15) is 19.7 Å². The Morgan fingerprint density at radius 2 is 2.04 bits per heavy atom. The molecule has 0 radical (unpaired) electrons. The van der Waals surface area contributed by atoms with Crippen LogP contribution in [0, 0.1) is 10.1 Å². The Kier molecular flexibility index (Phi) is 5.79. The maximum absolute atomic E-state index is 12.3. The van der Waals surface area contributed by atoms with Crippen molar-refractivity contribution in [3.05, 3.63) is 27.8 Å². The zero-order chi connectivity index (χ0) is 18.6. The normalized spacial score (nSPS) is 14.4. The van der Waals surface area contributed by atoms with E-state index in [0.29, 0.717) is 0 Å². The summed E-state index contributed by atoms with van der Waals surface area (Å²) in [6, 6.07) is 2.40. The topological polar surface area (TPSA) is 117 Å². The number of methoxy groups -OCH3 is 1. The number of ether oxygens (including phenoxy) is 3. The number of carbonyl (C=O) groups excluding carboxylic acids is 2. The molecule has 0 aliphatic heterocycles. The van der Waals surface area contributed by atoms with Crippen molar-refractivity contribution in [3.8, 4) is 11.5 Å². The van der Waals surface area contributed by atoms with Gasteiger partial charge < -0.3 is 19.5 Å². The van der Waals surface area contributed by atoms with Crippen molar-refractivity contribution in [1.82, 2.24) is 5.32 Å². The van der Waals surface area contributed by atoms with Gasteiger partial charge in [0, 0.05) is 12.1 Å². The predicted octanol–water partition coefficient (Wildman–Crippen LogP) is 1.83. The van der Waals surface area contributed by atoms with Gasteiger partial charge in [-0.3, -0.25) is 14.9 Å². The molecule has 0 spiro atoms. The average Bonchev–Trinajstić information content (AvgIpc) is 3.38. The molecule has 25 heavy (non-hydrogen) atoms. The molecule has 9 heteroatoms. The Balaban J connectivity index is 2.24. The van der Waals surface area contributed by atoms with Gasteiger partial charge in [-0.1, -0.05) is 0 Å². The second kappa shape index (κ2) is 7.82. The number of nitrogens with zero attached hydrogens (tertiary/aromatic N) is 1. The number of amides is 1. The maximum Gasteiger partial charge on any atom is 0.346 e. The van der Waals surface area contributed by atoms with Gasteiger partial charge in [-0.25, -0.2) is 4.79 Å². The van der Waals surface area contributed by atoms with E-state index in [-0.39, 0.29) is 29.7 Å². The molecule has 1 aromatic carbocycles. The SMILES string of the molecule is CCOc1cc(C(=O)O[C@H](C)C(=O)NC2CC2)c([N+](=O)[O-])cc1OC. The highest BCUT2D eigenvalue weighted by Gasteiger charge is 2.30. The van der Waals surface area contributed by atoms with E-state index in [4.69, 9.17) is 14.2 Å². The summed E-state index contributed by atoms with van der Waals surface area (Å²) in [6.07, 6.45) is 0.729. The first-order chi connectivity index (χ1) is 11.9. The third-order valence-electron chi connectivity index (χ3n) is 3.58. The molecule has 0 unspecified atom stereocenters. The molecule has 1 N–H and O–H groups in total. The molecule has 0 heterocycles. The predicted molar refractivity (Wildman–Crippen MR) is 86.9 cm³/mol. The number of rotatable bonds is 8. The first kappa shape index (κ1) is 18.5. The number of hydrogen-bond acceptors (Lipinski definition) is 7.